The second-order valence-corrected chi connectivity index (χ2v) is 7.78. The van der Waals surface area contributed by atoms with Crippen molar-refractivity contribution in [3.63, 3.8) is 0 Å². The number of carbonyl (C=O) groups excluding carboxylic acids is 1. The number of methoxy groups -OCH3 is 4. The third kappa shape index (κ3) is 4.96. The van der Waals surface area contributed by atoms with Gasteiger partial charge in [-0.25, -0.2) is 4.98 Å². The van der Waals surface area contributed by atoms with Crippen LogP contribution < -0.4 is 30.0 Å². The Labute approximate surface area is 207 Å². The van der Waals surface area contributed by atoms with Gasteiger partial charge in [0, 0.05) is 29.4 Å². The molecule has 0 radical (unpaired) electrons. The van der Waals surface area contributed by atoms with E-state index in [1.807, 2.05) is 6.07 Å². The van der Waals surface area contributed by atoms with Gasteiger partial charge < -0.3 is 39.5 Å². The molecule has 0 aliphatic heterocycles. The third-order valence-corrected chi connectivity index (χ3v) is 5.61. The first kappa shape index (κ1) is 24.6. The van der Waals surface area contributed by atoms with Gasteiger partial charge in [0.1, 0.15) is 17.7 Å². The Morgan fingerprint density at radius 1 is 1.03 bits per heavy atom. The van der Waals surface area contributed by atoms with Crippen molar-refractivity contribution < 1.29 is 28.3 Å². The third-order valence-electron chi connectivity index (χ3n) is 5.61. The summed E-state index contributed by atoms with van der Waals surface area (Å²) in [6.45, 7) is 0. The predicted octanol–water partition coefficient (Wildman–Crippen LogP) is 3.27. The van der Waals surface area contributed by atoms with Crippen LogP contribution >= 0.6 is 0 Å². The van der Waals surface area contributed by atoms with E-state index in [0.29, 0.717) is 51.9 Å². The minimum absolute atomic E-state index is 0.310. The van der Waals surface area contributed by atoms with Crippen molar-refractivity contribution in [1.82, 2.24) is 15.1 Å². The SMILES string of the molecule is COc1ccc(-c2conc2-c2cc(OC)c(OC)c(OC)c2)cc1NC(=O)C(N)Cc1cnc[nH]1. The molecule has 188 valence electrons. The first-order valence-electron chi connectivity index (χ1n) is 11.0. The summed E-state index contributed by atoms with van der Waals surface area (Å²) in [6.07, 6.45) is 5.00. The number of aromatic amines is 1. The van der Waals surface area contributed by atoms with Crippen LogP contribution in [0.1, 0.15) is 5.69 Å². The van der Waals surface area contributed by atoms with Crippen LogP contribution in [0.25, 0.3) is 22.4 Å². The number of hydrogen-bond donors (Lipinski definition) is 3. The van der Waals surface area contributed by atoms with Gasteiger partial charge in [-0.05, 0) is 29.8 Å². The molecule has 2 aromatic carbocycles. The summed E-state index contributed by atoms with van der Waals surface area (Å²) in [5.74, 6) is 1.54. The zero-order valence-electron chi connectivity index (χ0n) is 20.3. The average Bonchev–Trinajstić information content (AvgIpc) is 3.60. The number of nitrogens with two attached hydrogens (primary N) is 1. The fraction of sp³-hybridized carbons (Fsp3) is 0.240. The van der Waals surface area contributed by atoms with Crippen molar-refractivity contribution in [2.24, 2.45) is 5.73 Å². The molecule has 4 rings (SSSR count). The molecule has 36 heavy (non-hydrogen) atoms. The molecule has 2 heterocycles. The second-order valence-electron chi connectivity index (χ2n) is 7.78. The van der Waals surface area contributed by atoms with Crippen LogP contribution in [0.3, 0.4) is 0 Å². The number of imidazole rings is 1. The Kier molecular flexibility index (Phi) is 7.40. The fourth-order valence-electron chi connectivity index (χ4n) is 3.79. The molecular weight excluding hydrogens is 466 g/mol. The predicted molar refractivity (Wildman–Crippen MR) is 132 cm³/mol. The average molecular weight is 494 g/mol. The topological polar surface area (TPSA) is 147 Å². The van der Waals surface area contributed by atoms with Crippen molar-refractivity contribution in [3.05, 3.63) is 54.8 Å². The summed E-state index contributed by atoms with van der Waals surface area (Å²) in [6, 6.07) is 8.13. The summed E-state index contributed by atoms with van der Waals surface area (Å²) in [4.78, 5) is 19.7. The standard InChI is InChI=1S/C25H27N5O6/c1-32-20-6-5-14(7-19(20)29-25(31)18(26)10-16-11-27-13-28-16)17-12-36-30-23(17)15-8-21(33-2)24(35-4)22(9-15)34-3/h5-9,11-13,18H,10,26H2,1-4H3,(H,27,28)(H,29,31). The maximum Gasteiger partial charge on any atom is 0.241 e. The smallest absolute Gasteiger partial charge is 0.241 e. The Balaban J connectivity index is 1.67. The Bertz CT molecular complexity index is 1310. The van der Waals surface area contributed by atoms with E-state index in [0.717, 1.165) is 11.3 Å². The van der Waals surface area contributed by atoms with Gasteiger partial charge in [0.25, 0.3) is 0 Å². The van der Waals surface area contributed by atoms with E-state index in [4.69, 9.17) is 29.2 Å². The summed E-state index contributed by atoms with van der Waals surface area (Å²) in [5, 5.41) is 7.05. The Morgan fingerprint density at radius 3 is 2.36 bits per heavy atom. The van der Waals surface area contributed by atoms with Gasteiger partial charge in [-0.15, -0.1) is 0 Å². The van der Waals surface area contributed by atoms with Gasteiger partial charge in [-0.2, -0.15) is 0 Å². The lowest BCUT2D eigenvalue weighted by molar-refractivity contribution is -0.117. The van der Waals surface area contributed by atoms with Crippen LogP contribution in [-0.4, -0.2) is 55.5 Å². The van der Waals surface area contributed by atoms with Gasteiger partial charge in [-0.3, -0.25) is 4.79 Å². The van der Waals surface area contributed by atoms with Crippen LogP contribution in [0.4, 0.5) is 5.69 Å². The molecule has 0 aliphatic carbocycles. The molecule has 0 bridgehead atoms. The van der Waals surface area contributed by atoms with Gasteiger partial charge in [0.15, 0.2) is 11.5 Å². The van der Waals surface area contributed by atoms with Crippen LogP contribution in [0.5, 0.6) is 23.0 Å². The summed E-state index contributed by atoms with van der Waals surface area (Å²) in [7, 11) is 6.14. The van der Waals surface area contributed by atoms with Crippen LogP contribution in [0.15, 0.2) is 53.6 Å². The quantitative estimate of drug-likeness (QED) is 0.303. The molecule has 1 unspecified atom stereocenters. The molecule has 1 atom stereocenters. The minimum Gasteiger partial charge on any atom is -0.495 e. The number of hydrogen-bond acceptors (Lipinski definition) is 9. The fourth-order valence-corrected chi connectivity index (χ4v) is 3.79. The van der Waals surface area contributed by atoms with Crippen molar-refractivity contribution in [2.75, 3.05) is 33.8 Å². The molecule has 2 aromatic heterocycles. The molecule has 4 aromatic rings. The number of anilines is 1. The summed E-state index contributed by atoms with van der Waals surface area (Å²) >= 11 is 0. The van der Waals surface area contributed by atoms with Crippen molar-refractivity contribution in [1.29, 1.82) is 0 Å². The van der Waals surface area contributed by atoms with E-state index >= 15 is 0 Å². The Morgan fingerprint density at radius 2 is 1.75 bits per heavy atom. The first-order chi connectivity index (χ1) is 17.5. The van der Waals surface area contributed by atoms with Gasteiger partial charge in [0.05, 0.1) is 46.5 Å². The highest BCUT2D eigenvalue weighted by Crippen LogP contribution is 2.43. The van der Waals surface area contributed by atoms with Crippen molar-refractivity contribution in [2.45, 2.75) is 12.5 Å². The van der Waals surface area contributed by atoms with E-state index in [1.165, 1.54) is 26.8 Å². The zero-order chi connectivity index (χ0) is 25.7. The van der Waals surface area contributed by atoms with Crippen LogP contribution in [-0.2, 0) is 11.2 Å². The molecule has 11 nitrogen and oxygen atoms in total. The summed E-state index contributed by atoms with van der Waals surface area (Å²) in [5.41, 5.74) is 9.98. The number of H-pyrrole nitrogens is 1. The highest BCUT2D eigenvalue weighted by atomic mass is 16.5. The molecule has 0 spiro atoms. The van der Waals surface area contributed by atoms with E-state index in [9.17, 15) is 4.79 Å². The number of carbonyl (C=O) groups is 1. The monoisotopic (exact) mass is 493 g/mol. The number of nitrogens with zero attached hydrogens (tertiary/aromatic N) is 2. The number of rotatable bonds is 10. The van der Waals surface area contributed by atoms with Crippen LogP contribution in [0.2, 0.25) is 0 Å². The second kappa shape index (κ2) is 10.8. The highest BCUT2D eigenvalue weighted by molar-refractivity contribution is 5.97. The van der Waals surface area contributed by atoms with Gasteiger partial charge in [-0.1, -0.05) is 11.2 Å². The molecule has 1 amide bonds. The summed E-state index contributed by atoms with van der Waals surface area (Å²) < 4.78 is 27.1. The van der Waals surface area contributed by atoms with Gasteiger partial charge >= 0.3 is 0 Å². The lowest BCUT2D eigenvalue weighted by atomic mass is 10.00. The number of ether oxygens (including phenoxy) is 4. The molecule has 0 aliphatic rings. The van der Waals surface area contributed by atoms with Gasteiger partial charge in [0.2, 0.25) is 11.7 Å². The number of nitrogens with one attached hydrogen (secondary N) is 2. The largest absolute Gasteiger partial charge is 0.495 e. The lowest BCUT2D eigenvalue weighted by Crippen LogP contribution is -2.37. The normalized spacial score (nSPS) is 11.6. The van der Waals surface area contributed by atoms with E-state index < -0.39 is 6.04 Å². The highest BCUT2D eigenvalue weighted by Gasteiger charge is 2.21. The molecule has 0 saturated heterocycles. The lowest BCUT2D eigenvalue weighted by Gasteiger charge is -2.15. The molecule has 0 fully saturated rings. The minimum atomic E-state index is -0.788. The van der Waals surface area contributed by atoms with E-state index in [1.54, 1.807) is 44.7 Å². The number of benzene rings is 2. The maximum absolute atomic E-state index is 12.8. The van der Waals surface area contributed by atoms with E-state index in [-0.39, 0.29) is 5.91 Å². The van der Waals surface area contributed by atoms with E-state index in [2.05, 4.69) is 20.4 Å². The maximum atomic E-state index is 12.8. The molecule has 4 N–H and O–H groups in total. The molecular formula is C25H27N5O6. The zero-order valence-corrected chi connectivity index (χ0v) is 20.3. The number of aromatic nitrogens is 3. The van der Waals surface area contributed by atoms with Crippen molar-refractivity contribution in [3.8, 4) is 45.4 Å². The van der Waals surface area contributed by atoms with Crippen LogP contribution in [0, 0.1) is 0 Å². The Hall–Kier alpha value is -4.51. The van der Waals surface area contributed by atoms with Crippen molar-refractivity contribution >= 4 is 11.6 Å². The first-order valence-corrected chi connectivity index (χ1v) is 11.0. The molecule has 11 heteroatoms. The number of amides is 1. The molecule has 0 saturated carbocycles.